The fourth-order valence-corrected chi connectivity index (χ4v) is 2.02. The van der Waals surface area contributed by atoms with Gasteiger partial charge in [-0.1, -0.05) is 43.3 Å². The Bertz CT molecular complexity index is 627. The largest absolute Gasteiger partial charge is 0.465 e. The van der Waals surface area contributed by atoms with Gasteiger partial charge in [0.05, 0.1) is 12.7 Å². The van der Waals surface area contributed by atoms with E-state index in [2.05, 4.69) is 47.3 Å². The van der Waals surface area contributed by atoms with Gasteiger partial charge in [0.25, 0.3) is 0 Å². The van der Waals surface area contributed by atoms with E-state index in [-0.39, 0.29) is 5.97 Å². The third-order valence-electron chi connectivity index (χ3n) is 3.29. The molecule has 0 amide bonds. The van der Waals surface area contributed by atoms with Gasteiger partial charge >= 0.3 is 5.97 Å². The summed E-state index contributed by atoms with van der Waals surface area (Å²) in [5.41, 5.74) is 3.88. The van der Waals surface area contributed by atoms with Crippen LogP contribution in [0.15, 0.2) is 48.5 Å². The molecule has 3 nitrogen and oxygen atoms in total. The zero-order valence-corrected chi connectivity index (χ0v) is 13.0. The Hall–Kier alpha value is -2.55. The number of nitrogens with one attached hydrogen (secondary N) is 1. The molecule has 3 heteroatoms. The van der Waals surface area contributed by atoms with Crippen molar-refractivity contribution in [3.05, 3.63) is 65.2 Å². The molecule has 2 aromatic carbocycles. The van der Waals surface area contributed by atoms with Gasteiger partial charge in [-0.15, -0.1) is 0 Å². The van der Waals surface area contributed by atoms with E-state index in [1.807, 2.05) is 18.2 Å². The highest BCUT2D eigenvalue weighted by molar-refractivity contribution is 5.89. The molecule has 0 aromatic heterocycles. The van der Waals surface area contributed by atoms with E-state index < -0.39 is 0 Å². The van der Waals surface area contributed by atoms with Gasteiger partial charge in [-0.25, -0.2) is 4.79 Å². The van der Waals surface area contributed by atoms with Gasteiger partial charge in [-0.05, 0) is 41.8 Å². The summed E-state index contributed by atoms with van der Waals surface area (Å²) in [6.07, 6.45) is 5.19. The molecule has 2 rings (SSSR count). The van der Waals surface area contributed by atoms with Crippen molar-refractivity contribution in [2.45, 2.75) is 13.3 Å². The molecule has 0 heterocycles. The van der Waals surface area contributed by atoms with Crippen molar-refractivity contribution in [2.24, 2.45) is 0 Å². The zero-order valence-electron chi connectivity index (χ0n) is 13.0. The molecule has 0 unspecified atom stereocenters. The maximum atomic E-state index is 11.4. The molecule has 2 aromatic rings. The number of methoxy groups -OCH3 is 1. The number of carbonyl (C=O) groups excluding carboxylic acids is 1. The van der Waals surface area contributed by atoms with Gasteiger partial charge in [-0.3, -0.25) is 0 Å². The predicted molar refractivity (Wildman–Crippen MR) is 91.9 cm³/mol. The fourth-order valence-electron chi connectivity index (χ4n) is 2.02. The van der Waals surface area contributed by atoms with Crippen molar-refractivity contribution in [3.8, 4) is 0 Å². The summed E-state index contributed by atoms with van der Waals surface area (Å²) in [5, 5.41) is 3.35. The van der Waals surface area contributed by atoms with Crippen LogP contribution in [0.3, 0.4) is 0 Å². The standard InChI is InChI=1S/C19H21NO2/c1-3-14-20-18-12-8-16(9-13-18)5-4-15-6-10-17(11-7-15)19(21)22-2/h4-13,20H,3,14H2,1-2H3/b5-4+. The molecule has 0 atom stereocenters. The monoisotopic (exact) mass is 295 g/mol. The molecule has 0 aliphatic heterocycles. The van der Waals surface area contributed by atoms with E-state index in [9.17, 15) is 4.79 Å². The Balaban J connectivity index is 2.00. The fraction of sp³-hybridized carbons (Fsp3) is 0.211. The Kier molecular flexibility index (Phi) is 5.78. The van der Waals surface area contributed by atoms with Crippen LogP contribution in [0.25, 0.3) is 12.2 Å². The van der Waals surface area contributed by atoms with E-state index in [1.54, 1.807) is 12.1 Å². The summed E-state index contributed by atoms with van der Waals surface area (Å²) >= 11 is 0. The number of ether oxygens (including phenoxy) is 1. The average Bonchev–Trinajstić information content (AvgIpc) is 2.58. The van der Waals surface area contributed by atoms with Crippen LogP contribution in [0.2, 0.25) is 0 Å². The van der Waals surface area contributed by atoms with Crippen LogP contribution in [-0.4, -0.2) is 19.6 Å². The van der Waals surface area contributed by atoms with Gasteiger partial charge in [0.2, 0.25) is 0 Å². The normalized spacial score (nSPS) is 10.6. The smallest absolute Gasteiger partial charge is 0.337 e. The van der Waals surface area contributed by atoms with Gasteiger partial charge in [0, 0.05) is 12.2 Å². The van der Waals surface area contributed by atoms with Crippen molar-refractivity contribution in [1.82, 2.24) is 0 Å². The third kappa shape index (κ3) is 4.48. The van der Waals surface area contributed by atoms with Crippen molar-refractivity contribution in [2.75, 3.05) is 19.0 Å². The van der Waals surface area contributed by atoms with Crippen molar-refractivity contribution >= 4 is 23.8 Å². The molecule has 0 fully saturated rings. The first-order chi connectivity index (χ1) is 10.7. The number of rotatable bonds is 6. The number of benzene rings is 2. The van der Waals surface area contributed by atoms with Crippen LogP contribution in [0.4, 0.5) is 5.69 Å². The predicted octanol–water partition coefficient (Wildman–Crippen LogP) is 4.47. The first-order valence-corrected chi connectivity index (χ1v) is 7.43. The molecule has 0 spiro atoms. The van der Waals surface area contributed by atoms with Crippen molar-refractivity contribution in [1.29, 1.82) is 0 Å². The summed E-state index contributed by atoms with van der Waals surface area (Å²) in [4.78, 5) is 11.4. The third-order valence-corrected chi connectivity index (χ3v) is 3.29. The number of carbonyl (C=O) groups is 1. The maximum absolute atomic E-state index is 11.4. The lowest BCUT2D eigenvalue weighted by atomic mass is 10.1. The lowest BCUT2D eigenvalue weighted by molar-refractivity contribution is 0.0601. The van der Waals surface area contributed by atoms with E-state index in [0.717, 1.165) is 29.8 Å². The molecule has 0 bridgehead atoms. The molecular formula is C19H21NO2. The quantitative estimate of drug-likeness (QED) is 0.631. The second-order valence-electron chi connectivity index (χ2n) is 5.00. The highest BCUT2D eigenvalue weighted by atomic mass is 16.5. The summed E-state index contributed by atoms with van der Waals surface area (Å²) in [6.45, 7) is 3.14. The molecular weight excluding hydrogens is 274 g/mol. The van der Waals surface area contributed by atoms with Gasteiger partial charge in [-0.2, -0.15) is 0 Å². The second-order valence-corrected chi connectivity index (χ2v) is 5.00. The molecule has 0 aliphatic carbocycles. The van der Waals surface area contributed by atoms with Crippen LogP contribution < -0.4 is 5.32 Å². The number of esters is 1. The number of hydrogen-bond acceptors (Lipinski definition) is 3. The van der Waals surface area contributed by atoms with Crippen molar-refractivity contribution in [3.63, 3.8) is 0 Å². The van der Waals surface area contributed by atoms with Gasteiger partial charge < -0.3 is 10.1 Å². The van der Waals surface area contributed by atoms with Gasteiger partial charge in [0.15, 0.2) is 0 Å². The molecule has 0 saturated carbocycles. The molecule has 0 aliphatic rings. The molecule has 114 valence electrons. The van der Waals surface area contributed by atoms with Crippen LogP contribution in [0.5, 0.6) is 0 Å². The van der Waals surface area contributed by atoms with E-state index in [1.165, 1.54) is 7.11 Å². The van der Waals surface area contributed by atoms with Gasteiger partial charge in [0.1, 0.15) is 0 Å². The minimum Gasteiger partial charge on any atom is -0.465 e. The first-order valence-electron chi connectivity index (χ1n) is 7.43. The zero-order chi connectivity index (χ0) is 15.8. The minimum absolute atomic E-state index is 0.314. The Morgan fingerprint density at radius 2 is 1.55 bits per heavy atom. The molecule has 1 N–H and O–H groups in total. The van der Waals surface area contributed by atoms with Crippen LogP contribution in [0, 0.1) is 0 Å². The molecule has 0 saturated heterocycles. The highest BCUT2D eigenvalue weighted by Crippen LogP contribution is 2.13. The highest BCUT2D eigenvalue weighted by Gasteiger charge is 2.02. The number of anilines is 1. The van der Waals surface area contributed by atoms with Crippen LogP contribution in [0.1, 0.15) is 34.8 Å². The van der Waals surface area contributed by atoms with Crippen LogP contribution >= 0.6 is 0 Å². The number of hydrogen-bond donors (Lipinski definition) is 1. The van der Waals surface area contributed by atoms with Crippen LogP contribution in [-0.2, 0) is 4.74 Å². The van der Waals surface area contributed by atoms with E-state index in [0.29, 0.717) is 5.56 Å². The summed E-state index contributed by atoms with van der Waals surface area (Å²) in [6, 6.07) is 15.7. The maximum Gasteiger partial charge on any atom is 0.337 e. The van der Waals surface area contributed by atoms with Crippen molar-refractivity contribution < 1.29 is 9.53 Å². The topological polar surface area (TPSA) is 38.3 Å². The molecule has 0 radical (unpaired) electrons. The summed E-state index contributed by atoms with van der Waals surface area (Å²) < 4.78 is 4.68. The SMILES string of the molecule is CCCNc1ccc(/C=C/c2ccc(C(=O)OC)cc2)cc1. The minimum atomic E-state index is -0.314. The second kappa shape index (κ2) is 8.03. The first kappa shape index (κ1) is 15.8. The average molecular weight is 295 g/mol. The Labute approximate surface area is 131 Å². The van der Waals surface area contributed by atoms with E-state index >= 15 is 0 Å². The lowest BCUT2D eigenvalue weighted by Crippen LogP contribution is -2.00. The summed E-state index contributed by atoms with van der Waals surface area (Å²) in [7, 11) is 1.38. The molecule has 22 heavy (non-hydrogen) atoms. The van der Waals surface area contributed by atoms with E-state index in [4.69, 9.17) is 0 Å². The Morgan fingerprint density at radius 3 is 2.05 bits per heavy atom. The lowest BCUT2D eigenvalue weighted by Gasteiger charge is -2.04. The Morgan fingerprint density at radius 1 is 1.00 bits per heavy atom. The summed E-state index contributed by atoms with van der Waals surface area (Å²) in [5.74, 6) is -0.314.